The summed E-state index contributed by atoms with van der Waals surface area (Å²) in [5.74, 6) is 2.48. The molecular formula is C12H13N3S. The summed E-state index contributed by atoms with van der Waals surface area (Å²) in [7, 11) is 0. The monoisotopic (exact) mass is 231 g/mol. The second-order valence-electron chi connectivity index (χ2n) is 3.96. The molecule has 1 aliphatic heterocycles. The van der Waals surface area contributed by atoms with E-state index < -0.39 is 0 Å². The largest absolute Gasteiger partial charge is 0.381 e. The van der Waals surface area contributed by atoms with Gasteiger partial charge in [-0.2, -0.15) is 11.8 Å². The van der Waals surface area contributed by atoms with Crippen molar-refractivity contribution in [3.8, 4) is 0 Å². The zero-order chi connectivity index (χ0) is 10.8. The summed E-state index contributed by atoms with van der Waals surface area (Å²) >= 11 is 2.01. The van der Waals surface area contributed by atoms with Gasteiger partial charge in [0.15, 0.2) is 0 Å². The first kappa shape index (κ1) is 9.90. The molecule has 0 spiro atoms. The van der Waals surface area contributed by atoms with Gasteiger partial charge in [-0.1, -0.05) is 0 Å². The molecule has 3 rings (SSSR count). The first-order valence-electron chi connectivity index (χ1n) is 5.47. The molecule has 82 valence electrons. The predicted octanol–water partition coefficient (Wildman–Crippen LogP) is 2.55. The molecule has 0 amide bonds. The van der Waals surface area contributed by atoms with E-state index in [9.17, 15) is 0 Å². The summed E-state index contributed by atoms with van der Waals surface area (Å²) < 4.78 is 0. The van der Waals surface area contributed by atoms with E-state index in [0.29, 0.717) is 6.04 Å². The van der Waals surface area contributed by atoms with E-state index in [1.807, 2.05) is 17.8 Å². The molecule has 1 aromatic carbocycles. The van der Waals surface area contributed by atoms with Crippen molar-refractivity contribution < 1.29 is 0 Å². The molecule has 1 aromatic heterocycles. The Balaban J connectivity index is 1.86. The molecule has 1 unspecified atom stereocenters. The predicted molar refractivity (Wildman–Crippen MR) is 68.9 cm³/mol. The third kappa shape index (κ3) is 1.97. The Labute approximate surface area is 98.7 Å². The second kappa shape index (κ2) is 4.29. The van der Waals surface area contributed by atoms with E-state index >= 15 is 0 Å². The van der Waals surface area contributed by atoms with Crippen molar-refractivity contribution in [3.63, 3.8) is 0 Å². The van der Waals surface area contributed by atoms with E-state index in [4.69, 9.17) is 0 Å². The second-order valence-corrected chi connectivity index (χ2v) is 5.11. The van der Waals surface area contributed by atoms with Gasteiger partial charge < -0.3 is 5.32 Å². The average molecular weight is 231 g/mol. The van der Waals surface area contributed by atoms with Gasteiger partial charge in [0, 0.05) is 29.9 Å². The zero-order valence-electron chi connectivity index (χ0n) is 8.89. The summed E-state index contributed by atoms with van der Waals surface area (Å²) in [5, 5.41) is 3.54. The van der Waals surface area contributed by atoms with Crippen LogP contribution in [0.3, 0.4) is 0 Å². The summed E-state index contributed by atoms with van der Waals surface area (Å²) in [6.07, 6.45) is 4.71. The zero-order valence-corrected chi connectivity index (χ0v) is 9.70. The number of aromatic nitrogens is 2. The van der Waals surface area contributed by atoms with Gasteiger partial charge in [-0.15, -0.1) is 0 Å². The lowest BCUT2D eigenvalue weighted by Crippen LogP contribution is -2.17. The van der Waals surface area contributed by atoms with Gasteiger partial charge >= 0.3 is 0 Å². The fourth-order valence-corrected chi connectivity index (χ4v) is 3.09. The number of anilines is 1. The molecular weight excluding hydrogens is 218 g/mol. The molecule has 0 saturated carbocycles. The third-order valence-corrected chi connectivity index (χ3v) is 3.93. The summed E-state index contributed by atoms with van der Waals surface area (Å²) in [5.41, 5.74) is 3.06. The van der Waals surface area contributed by atoms with Crippen LogP contribution in [0.2, 0.25) is 0 Å². The standard InChI is InChI=1S/C12H13N3S/c1-2-11-12(14-5-4-13-11)7-9(1)15-10-3-6-16-8-10/h1-2,4-5,7,10,15H,3,6,8H2. The van der Waals surface area contributed by atoms with Gasteiger partial charge in [0.1, 0.15) is 0 Å². The number of hydrogen-bond donors (Lipinski definition) is 1. The molecule has 1 aliphatic rings. The molecule has 0 bridgehead atoms. The van der Waals surface area contributed by atoms with Gasteiger partial charge in [-0.05, 0) is 30.4 Å². The van der Waals surface area contributed by atoms with Crippen molar-refractivity contribution in [2.45, 2.75) is 12.5 Å². The van der Waals surface area contributed by atoms with E-state index in [2.05, 4.69) is 27.4 Å². The number of rotatable bonds is 2. The number of nitrogens with one attached hydrogen (secondary N) is 1. The smallest absolute Gasteiger partial charge is 0.0907 e. The van der Waals surface area contributed by atoms with Crippen LogP contribution in [0.15, 0.2) is 30.6 Å². The van der Waals surface area contributed by atoms with E-state index in [1.165, 1.54) is 17.9 Å². The van der Waals surface area contributed by atoms with Gasteiger partial charge in [0.05, 0.1) is 11.0 Å². The van der Waals surface area contributed by atoms with Crippen LogP contribution in [0.5, 0.6) is 0 Å². The fraction of sp³-hybridized carbons (Fsp3) is 0.333. The Bertz CT molecular complexity index is 494. The van der Waals surface area contributed by atoms with Gasteiger partial charge in [-0.3, -0.25) is 9.97 Å². The summed E-state index contributed by atoms with van der Waals surface area (Å²) in [6.45, 7) is 0. The van der Waals surface area contributed by atoms with Crippen molar-refractivity contribution >= 4 is 28.5 Å². The molecule has 2 heterocycles. The maximum Gasteiger partial charge on any atom is 0.0907 e. The van der Waals surface area contributed by atoms with E-state index in [-0.39, 0.29) is 0 Å². The quantitative estimate of drug-likeness (QED) is 0.862. The third-order valence-electron chi connectivity index (χ3n) is 2.77. The van der Waals surface area contributed by atoms with Crippen LogP contribution in [0, 0.1) is 0 Å². The average Bonchev–Trinajstić information content (AvgIpc) is 2.82. The number of benzene rings is 1. The maximum absolute atomic E-state index is 4.31. The number of thioether (sulfide) groups is 1. The van der Waals surface area contributed by atoms with E-state index in [1.54, 1.807) is 12.4 Å². The molecule has 0 radical (unpaired) electrons. The van der Waals surface area contributed by atoms with Crippen molar-refractivity contribution in [1.82, 2.24) is 9.97 Å². The Hall–Kier alpha value is -1.29. The number of nitrogens with zero attached hydrogens (tertiary/aromatic N) is 2. The van der Waals surface area contributed by atoms with Crippen LogP contribution in [-0.2, 0) is 0 Å². The highest BCUT2D eigenvalue weighted by Crippen LogP contribution is 2.22. The Morgan fingerprint density at radius 3 is 2.88 bits per heavy atom. The molecule has 1 saturated heterocycles. The van der Waals surface area contributed by atoms with Crippen LogP contribution in [-0.4, -0.2) is 27.5 Å². The maximum atomic E-state index is 4.31. The van der Waals surface area contributed by atoms with Gasteiger partial charge in [0.2, 0.25) is 0 Å². The van der Waals surface area contributed by atoms with Crippen LogP contribution in [0.4, 0.5) is 5.69 Å². The molecule has 1 N–H and O–H groups in total. The molecule has 2 aromatic rings. The lowest BCUT2D eigenvalue weighted by Gasteiger charge is -2.12. The van der Waals surface area contributed by atoms with Crippen molar-refractivity contribution in [2.75, 3.05) is 16.8 Å². The molecule has 1 atom stereocenters. The summed E-state index contributed by atoms with van der Waals surface area (Å²) in [4.78, 5) is 8.57. The molecule has 16 heavy (non-hydrogen) atoms. The highest BCUT2D eigenvalue weighted by molar-refractivity contribution is 7.99. The first-order valence-corrected chi connectivity index (χ1v) is 6.62. The number of hydrogen-bond acceptors (Lipinski definition) is 4. The topological polar surface area (TPSA) is 37.8 Å². The lowest BCUT2D eigenvalue weighted by atomic mass is 10.2. The lowest BCUT2D eigenvalue weighted by molar-refractivity contribution is 0.813. The Kier molecular flexibility index (Phi) is 2.66. The van der Waals surface area contributed by atoms with Gasteiger partial charge in [0.25, 0.3) is 0 Å². The van der Waals surface area contributed by atoms with E-state index in [0.717, 1.165) is 16.7 Å². The Morgan fingerprint density at radius 2 is 2.06 bits per heavy atom. The van der Waals surface area contributed by atoms with Crippen molar-refractivity contribution in [1.29, 1.82) is 0 Å². The Morgan fingerprint density at radius 1 is 1.19 bits per heavy atom. The molecule has 3 nitrogen and oxygen atoms in total. The number of fused-ring (bicyclic) bond motifs is 1. The van der Waals surface area contributed by atoms with Crippen LogP contribution < -0.4 is 5.32 Å². The minimum Gasteiger partial charge on any atom is -0.381 e. The summed E-state index contributed by atoms with van der Waals surface area (Å²) in [6, 6.07) is 6.79. The highest BCUT2D eigenvalue weighted by Gasteiger charge is 2.14. The molecule has 0 aliphatic carbocycles. The normalized spacial score (nSPS) is 20.1. The van der Waals surface area contributed by atoms with Crippen LogP contribution in [0.25, 0.3) is 11.0 Å². The first-order chi connectivity index (χ1) is 7.92. The molecule has 4 heteroatoms. The SMILES string of the molecule is c1cnc2cc(NC3CCSC3)ccc2n1. The minimum atomic E-state index is 0.610. The fourth-order valence-electron chi connectivity index (χ4n) is 1.94. The van der Waals surface area contributed by atoms with Crippen LogP contribution >= 0.6 is 11.8 Å². The van der Waals surface area contributed by atoms with Crippen molar-refractivity contribution in [3.05, 3.63) is 30.6 Å². The van der Waals surface area contributed by atoms with Crippen molar-refractivity contribution in [2.24, 2.45) is 0 Å². The van der Waals surface area contributed by atoms with Gasteiger partial charge in [-0.25, -0.2) is 0 Å². The van der Waals surface area contributed by atoms with Crippen LogP contribution in [0.1, 0.15) is 6.42 Å². The highest BCUT2D eigenvalue weighted by atomic mass is 32.2. The molecule has 1 fully saturated rings. The minimum absolute atomic E-state index is 0.610.